The molecule has 144 valence electrons. The quantitative estimate of drug-likeness (QED) is 0.369. The minimum atomic E-state index is -0.478. The van der Waals surface area contributed by atoms with Gasteiger partial charge in [-0.2, -0.15) is 5.10 Å². The van der Waals surface area contributed by atoms with E-state index in [4.69, 9.17) is 13.9 Å². The highest BCUT2D eigenvalue weighted by Crippen LogP contribution is 2.37. The summed E-state index contributed by atoms with van der Waals surface area (Å²) in [6.07, 6.45) is 2.99. The monoisotopic (exact) mass is 400 g/mol. The lowest BCUT2D eigenvalue weighted by Crippen LogP contribution is -2.14. The average Bonchev–Trinajstić information content (AvgIpc) is 3.39. The predicted octanol–water partition coefficient (Wildman–Crippen LogP) is 3.64. The summed E-state index contributed by atoms with van der Waals surface area (Å²) in [5, 5.41) is 17.8. The van der Waals surface area contributed by atoms with E-state index in [1.54, 1.807) is 23.1 Å². The van der Waals surface area contributed by atoms with E-state index in [0.717, 1.165) is 0 Å². The Hall–Kier alpha value is -3.40. The molecule has 0 spiro atoms. The van der Waals surface area contributed by atoms with Crippen molar-refractivity contribution in [3.8, 4) is 23.0 Å². The zero-order valence-corrected chi connectivity index (χ0v) is 15.9. The summed E-state index contributed by atoms with van der Waals surface area (Å²) in [4.78, 5) is 16.2. The molecule has 0 atom stereocenters. The Morgan fingerprint density at radius 1 is 1.32 bits per heavy atom. The molecule has 3 aromatic rings. The van der Waals surface area contributed by atoms with E-state index < -0.39 is 4.92 Å². The molecule has 1 aliphatic rings. The maximum atomic E-state index is 11.5. The maximum Gasteiger partial charge on any atom is 0.282 e. The smallest absolute Gasteiger partial charge is 0.282 e. The van der Waals surface area contributed by atoms with Crippen molar-refractivity contribution in [3.05, 3.63) is 56.4 Å². The summed E-state index contributed by atoms with van der Waals surface area (Å²) in [6.45, 7) is 3.96. The van der Waals surface area contributed by atoms with Crippen molar-refractivity contribution in [2.45, 2.75) is 19.9 Å². The number of ether oxygens (including phenoxy) is 2. The molecule has 3 heterocycles. The number of furan rings is 1. The zero-order valence-electron chi connectivity index (χ0n) is 15.1. The molecule has 0 N–H and O–H groups in total. The molecule has 0 amide bonds. The molecule has 0 radical (unpaired) electrons. The van der Waals surface area contributed by atoms with E-state index in [1.165, 1.54) is 23.6 Å². The number of hydrogen-bond donors (Lipinski definition) is 0. The number of hydrogen-bond acceptors (Lipinski definition) is 8. The number of nitro benzene ring substituents is 1. The third-order valence-corrected chi connectivity index (χ3v) is 4.69. The third kappa shape index (κ3) is 3.41. The second kappa shape index (κ2) is 7.31. The van der Waals surface area contributed by atoms with Crippen molar-refractivity contribution < 1.29 is 18.8 Å². The molecule has 2 aromatic heterocycles. The summed E-state index contributed by atoms with van der Waals surface area (Å²) in [5.41, 5.74) is 0.883. The first-order valence-corrected chi connectivity index (χ1v) is 9.31. The van der Waals surface area contributed by atoms with E-state index in [-0.39, 0.29) is 18.5 Å². The van der Waals surface area contributed by atoms with Crippen molar-refractivity contribution >= 4 is 23.2 Å². The Bertz CT molecular complexity index is 1110. The summed E-state index contributed by atoms with van der Waals surface area (Å²) in [7, 11) is 0. The first kappa shape index (κ1) is 18.0. The minimum absolute atomic E-state index is 0.0341. The van der Waals surface area contributed by atoms with Crippen LogP contribution in [-0.4, -0.2) is 28.6 Å². The van der Waals surface area contributed by atoms with Crippen molar-refractivity contribution in [2.75, 3.05) is 6.79 Å². The Morgan fingerprint density at radius 3 is 2.79 bits per heavy atom. The van der Waals surface area contributed by atoms with Crippen LogP contribution in [0.3, 0.4) is 0 Å². The maximum absolute atomic E-state index is 11.5. The first-order chi connectivity index (χ1) is 13.5. The average molecular weight is 400 g/mol. The Morgan fingerprint density at radius 2 is 2.11 bits per heavy atom. The van der Waals surface area contributed by atoms with Crippen molar-refractivity contribution in [2.24, 2.45) is 10.1 Å². The van der Waals surface area contributed by atoms with Crippen molar-refractivity contribution in [1.82, 2.24) is 4.68 Å². The molecule has 10 heteroatoms. The van der Waals surface area contributed by atoms with Gasteiger partial charge in [0.15, 0.2) is 17.3 Å². The fourth-order valence-electron chi connectivity index (χ4n) is 2.64. The van der Waals surface area contributed by atoms with Gasteiger partial charge >= 0.3 is 0 Å². The highest BCUT2D eigenvalue weighted by Gasteiger charge is 2.22. The first-order valence-electron chi connectivity index (χ1n) is 8.43. The number of benzene rings is 1. The van der Waals surface area contributed by atoms with Crippen LogP contribution in [0.2, 0.25) is 0 Å². The highest BCUT2D eigenvalue weighted by molar-refractivity contribution is 7.07. The highest BCUT2D eigenvalue weighted by atomic mass is 32.1. The van der Waals surface area contributed by atoms with Gasteiger partial charge in [0, 0.05) is 11.4 Å². The van der Waals surface area contributed by atoms with Crippen molar-refractivity contribution in [3.63, 3.8) is 0 Å². The van der Waals surface area contributed by atoms with Gasteiger partial charge in [0.25, 0.3) is 5.69 Å². The number of fused-ring (bicyclic) bond motifs is 1. The number of rotatable bonds is 5. The molecule has 0 bridgehead atoms. The lowest BCUT2D eigenvalue weighted by atomic mass is 10.1. The number of nitrogens with zero attached hydrogens (tertiary/aromatic N) is 4. The lowest BCUT2D eigenvalue weighted by molar-refractivity contribution is -0.385. The predicted molar refractivity (Wildman–Crippen MR) is 103 cm³/mol. The molecule has 28 heavy (non-hydrogen) atoms. The summed E-state index contributed by atoms with van der Waals surface area (Å²) < 4.78 is 17.6. The molecule has 0 saturated heterocycles. The molecule has 0 unspecified atom stereocenters. The lowest BCUT2D eigenvalue weighted by Gasteiger charge is -2.03. The third-order valence-electron chi connectivity index (χ3n) is 3.86. The SMILES string of the molecule is CC(C)N=c1scc(-c2ccco2)n1N=Cc1cc2c(cc1[N+](=O)[O-])OCO2. The Balaban J connectivity index is 1.82. The standard InChI is InChI=1S/C18H16N4O5S/c1-11(2)20-18-21(14(9-28-18)15-4-3-5-25-15)19-8-12-6-16-17(27-10-26-16)7-13(12)22(23)24/h3-9,11H,10H2,1-2H3. The van der Waals surface area contributed by atoms with Crippen LogP contribution in [0.5, 0.6) is 11.5 Å². The molecule has 9 nitrogen and oxygen atoms in total. The largest absolute Gasteiger partial charge is 0.463 e. The van der Waals surface area contributed by atoms with Gasteiger partial charge in [-0.1, -0.05) is 0 Å². The number of thiazole rings is 1. The topological polar surface area (TPSA) is 104 Å². The molecule has 1 aromatic carbocycles. The second-order valence-corrected chi connectivity index (χ2v) is 7.02. The number of aromatic nitrogens is 1. The van der Waals surface area contributed by atoms with Crippen LogP contribution in [0.1, 0.15) is 19.4 Å². The van der Waals surface area contributed by atoms with E-state index in [2.05, 4.69) is 10.1 Å². The summed E-state index contributed by atoms with van der Waals surface area (Å²) >= 11 is 1.41. The summed E-state index contributed by atoms with van der Waals surface area (Å²) in [6, 6.07) is 6.54. The minimum Gasteiger partial charge on any atom is -0.463 e. The van der Waals surface area contributed by atoms with Crippen LogP contribution in [0.15, 0.2) is 50.4 Å². The van der Waals surface area contributed by atoms with Crippen LogP contribution in [0, 0.1) is 10.1 Å². The molecule has 0 fully saturated rings. The van der Waals surface area contributed by atoms with Crippen LogP contribution >= 0.6 is 11.3 Å². The fraction of sp³-hybridized carbons (Fsp3) is 0.222. The van der Waals surface area contributed by atoms with Crippen molar-refractivity contribution in [1.29, 1.82) is 0 Å². The van der Waals surface area contributed by atoms with Gasteiger partial charge in [-0.25, -0.2) is 4.68 Å². The van der Waals surface area contributed by atoms with Gasteiger partial charge in [-0.15, -0.1) is 11.3 Å². The van der Waals surface area contributed by atoms with Crippen LogP contribution < -0.4 is 14.3 Å². The fourth-order valence-corrected chi connectivity index (χ4v) is 3.59. The van der Waals surface area contributed by atoms with Gasteiger partial charge in [0.1, 0.15) is 5.69 Å². The van der Waals surface area contributed by atoms with E-state index in [0.29, 0.717) is 33.3 Å². The zero-order chi connectivity index (χ0) is 19.7. The van der Waals surface area contributed by atoms with Gasteiger partial charge in [0.05, 0.1) is 29.0 Å². The molecular formula is C18H16N4O5S. The normalized spacial score (nSPS) is 13.8. The second-order valence-electron chi connectivity index (χ2n) is 6.18. The van der Waals surface area contributed by atoms with E-state index in [1.807, 2.05) is 25.3 Å². The molecular weight excluding hydrogens is 384 g/mol. The van der Waals surface area contributed by atoms with E-state index >= 15 is 0 Å². The Kier molecular flexibility index (Phi) is 4.70. The van der Waals surface area contributed by atoms with Crippen LogP contribution in [-0.2, 0) is 0 Å². The molecule has 4 rings (SSSR count). The van der Waals surface area contributed by atoms with Gasteiger partial charge in [0.2, 0.25) is 11.6 Å². The van der Waals surface area contributed by atoms with Gasteiger partial charge in [-0.3, -0.25) is 15.1 Å². The van der Waals surface area contributed by atoms with Crippen LogP contribution in [0.25, 0.3) is 11.5 Å². The summed E-state index contributed by atoms with van der Waals surface area (Å²) in [5.74, 6) is 1.42. The molecule has 1 aliphatic heterocycles. The van der Waals surface area contributed by atoms with E-state index in [9.17, 15) is 10.1 Å². The Labute approximate surface area is 163 Å². The number of nitro groups is 1. The molecule has 0 aliphatic carbocycles. The van der Waals surface area contributed by atoms with Gasteiger partial charge < -0.3 is 13.9 Å². The molecule has 0 saturated carbocycles. The van der Waals surface area contributed by atoms with Gasteiger partial charge in [-0.05, 0) is 32.0 Å². The van der Waals surface area contributed by atoms with Crippen LogP contribution in [0.4, 0.5) is 5.69 Å².